The van der Waals surface area contributed by atoms with Crippen molar-refractivity contribution < 1.29 is 9.47 Å². The molecule has 1 aliphatic rings. The summed E-state index contributed by atoms with van der Waals surface area (Å²) >= 11 is 0. The molecule has 1 aromatic carbocycles. The number of rotatable bonds is 4. The molecule has 3 heteroatoms. The molecule has 1 aromatic rings. The zero-order valence-electron chi connectivity index (χ0n) is 12.3. The fourth-order valence-electron chi connectivity index (χ4n) is 2.41. The van der Waals surface area contributed by atoms with Crippen molar-refractivity contribution in [3.63, 3.8) is 0 Å². The molecule has 0 spiro atoms. The highest BCUT2D eigenvalue weighted by Crippen LogP contribution is 2.33. The first-order valence-electron chi connectivity index (χ1n) is 6.73. The number of methoxy groups -OCH3 is 2. The summed E-state index contributed by atoms with van der Waals surface area (Å²) in [4.78, 5) is 2.46. The molecule has 0 bridgehead atoms. The number of ether oxygens (including phenoxy) is 2. The van der Waals surface area contributed by atoms with Crippen LogP contribution < -0.4 is 9.47 Å². The molecule has 0 aromatic heterocycles. The van der Waals surface area contributed by atoms with Crippen molar-refractivity contribution in [2.75, 3.05) is 27.3 Å². The molecular formula is C16H23NO2. The van der Waals surface area contributed by atoms with E-state index < -0.39 is 0 Å². The van der Waals surface area contributed by atoms with Crippen LogP contribution in [0.5, 0.6) is 11.5 Å². The molecule has 104 valence electrons. The van der Waals surface area contributed by atoms with Gasteiger partial charge in [0.25, 0.3) is 0 Å². The minimum Gasteiger partial charge on any atom is -0.493 e. The molecule has 0 amide bonds. The van der Waals surface area contributed by atoms with Crippen molar-refractivity contribution in [2.24, 2.45) is 0 Å². The summed E-state index contributed by atoms with van der Waals surface area (Å²) in [5.41, 5.74) is 4.11. The van der Waals surface area contributed by atoms with E-state index in [0.29, 0.717) is 0 Å². The minimum absolute atomic E-state index is 0.824. The van der Waals surface area contributed by atoms with Gasteiger partial charge in [-0.1, -0.05) is 11.6 Å². The third kappa shape index (κ3) is 3.29. The molecule has 0 aliphatic carbocycles. The molecule has 3 nitrogen and oxygen atoms in total. The van der Waals surface area contributed by atoms with Crippen LogP contribution in [0, 0.1) is 0 Å². The second kappa shape index (κ2) is 6.11. The first-order valence-corrected chi connectivity index (χ1v) is 6.73. The molecule has 1 aliphatic heterocycles. The largest absolute Gasteiger partial charge is 0.493 e. The maximum atomic E-state index is 5.38. The topological polar surface area (TPSA) is 21.7 Å². The fourth-order valence-corrected chi connectivity index (χ4v) is 2.41. The summed E-state index contributed by atoms with van der Waals surface area (Å²) in [7, 11) is 3.38. The van der Waals surface area contributed by atoms with E-state index in [1.807, 2.05) is 0 Å². The Labute approximate surface area is 115 Å². The van der Waals surface area contributed by atoms with E-state index >= 15 is 0 Å². The van der Waals surface area contributed by atoms with E-state index in [2.05, 4.69) is 37.0 Å². The van der Waals surface area contributed by atoms with Gasteiger partial charge in [0.2, 0.25) is 0 Å². The van der Waals surface area contributed by atoms with E-state index in [0.717, 1.165) is 37.6 Å². The predicted octanol–water partition coefficient (Wildman–Crippen LogP) is 3.03. The average Bonchev–Trinajstić information content (AvgIpc) is 2.43. The third-order valence-corrected chi connectivity index (χ3v) is 3.55. The standard InChI is InChI=1S/C16H23NO2/c1-12(2)5-7-17-8-6-13-9-15(18-3)16(19-4)10-14(13)11-17/h5,9-10H,6-8,11H2,1-4H3. The van der Waals surface area contributed by atoms with Crippen LogP contribution in [0.15, 0.2) is 23.8 Å². The Morgan fingerprint density at radius 2 is 1.79 bits per heavy atom. The van der Waals surface area contributed by atoms with Gasteiger partial charge in [-0.15, -0.1) is 0 Å². The lowest BCUT2D eigenvalue weighted by atomic mass is 9.98. The van der Waals surface area contributed by atoms with Crippen molar-refractivity contribution in [2.45, 2.75) is 26.8 Å². The van der Waals surface area contributed by atoms with Gasteiger partial charge in [-0.3, -0.25) is 4.90 Å². The van der Waals surface area contributed by atoms with Crippen LogP contribution in [-0.2, 0) is 13.0 Å². The summed E-state index contributed by atoms with van der Waals surface area (Å²) < 4.78 is 10.7. The van der Waals surface area contributed by atoms with Crippen molar-refractivity contribution in [3.8, 4) is 11.5 Å². The zero-order valence-corrected chi connectivity index (χ0v) is 12.3. The number of hydrogen-bond donors (Lipinski definition) is 0. The van der Waals surface area contributed by atoms with Gasteiger partial charge in [-0.2, -0.15) is 0 Å². The molecule has 0 N–H and O–H groups in total. The first kappa shape index (κ1) is 13.9. The van der Waals surface area contributed by atoms with Crippen LogP contribution >= 0.6 is 0 Å². The Balaban J connectivity index is 2.18. The second-order valence-corrected chi connectivity index (χ2v) is 5.24. The van der Waals surface area contributed by atoms with E-state index in [1.165, 1.54) is 16.7 Å². The first-order chi connectivity index (χ1) is 9.13. The molecule has 0 radical (unpaired) electrons. The third-order valence-electron chi connectivity index (χ3n) is 3.55. The molecule has 19 heavy (non-hydrogen) atoms. The Kier molecular flexibility index (Phi) is 4.48. The second-order valence-electron chi connectivity index (χ2n) is 5.24. The molecule has 1 heterocycles. The number of nitrogens with zero attached hydrogens (tertiary/aromatic N) is 1. The Morgan fingerprint density at radius 1 is 1.16 bits per heavy atom. The molecule has 0 atom stereocenters. The summed E-state index contributed by atoms with van der Waals surface area (Å²) in [6, 6.07) is 4.23. The Morgan fingerprint density at radius 3 is 2.37 bits per heavy atom. The molecule has 0 fully saturated rings. The van der Waals surface area contributed by atoms with E-state index in [9.17, 15) is 0 Å². The van der Waals surface area contributed by atoms with Gasteiger partial charge in [0, 0.05) is 19.6 Å². The van der Waals surface area contributed by atoms with Crippen LogP contribution in [0.1, 0.15) is 25.0 Å². The van der Waals surface area contributed by atoms with Gasteiger partial charge < -0.3 is 9.47 Å². The van der Waals surface area contributed by atoms with Crippen LogP contribution in [0.25, 0.3) is 0 Å². The van der Waals surface area contributed by atoms with Gasteiger partial charge in [0.1, 0.15) is 0 Å². The van der Waals surface area contributed by atoms with Crippen LogP contribution in [0.3, 0.4) is 0 Å². The van der Waals surface area contributed by atoms with Gasteiger partial charge in [0.15, 0.2) is 11.5 Å². The van der Waals surface area contributed by atoms with Gasteiger partial charge in [-0.05, 0) is 43.5 Å². The number of benzene rings is 1. The smallest absolute Gasteiger partial charge is 0.161 e. The monoisotopic (exact) mass is 261 g/mol. The zero-order chi connectivity index (χ0) is 13.8. The van der Waals surface area contributed by atoms with Crippen molar-refractivity contribution in [1.82, 2.24) is 4.90 Å². The van der Waals surface area contributed by atoms with Crippen molar-refractivity contribution in [1.29, 1.82) is 0 Å². The van der Waals surface area contributed by atoms with Gasteiger partial charge >= 0.3 is 0 Å². The highest BCUT2D eigenvalue weighted by atomic mass is 16.5. The fraction of sp³-hybridized carbons (Fsp3) is 0.500. The van der Waals surface area contributed by atoms with Crippen LogP contribution in [-0.4, -0.2) is 32.2 Å². The molecule has 2 rings (SSSR count). The van der Waals surface area contributed by atoms with E-state index in [-0.39, 0.29) is 0 Å². The lowest BCUT2D eigenvalue weighted by molar-refractivity contribution is 0.279. The maximum absolute atomic E-state index is 5.38. The Bertz CT molecular complexity index is 476. The number of allylic oxidation sites excluding steroid dienone is 1. The summed E-state index contributed by atoms with van der Waals surface area (Å²) in [6.45, 7) is 7.40. The SMILES string of the molecule is COc1cc2c(cc1OC)CN(CC=C(C)C)CC2. The summed E-state index contributed by atoms with van der Waals surface area (Å²) in [5.74, 6) is 1.66. The van der Waals surface area contributed by atoms with Crippen LogP contribution in [0.4, 0.5) is 0 Å². The lowest BCUT2D eigenvalue weighted by Gasteiger charge is -2.28. The van der Waals surface area contributed by atoms with Gasteiger partial charge in [0.05, 0.1) is 14.2 Å². The molecule has 0 saturated heterocycles. The van der Waals surface area contributed by atoms with Crippen LogP contribution in [0.2, 0.25) is 0 Å². The number of fused-ring (bicyclic) bond motifs is 1. The maximum Gasteiger partial charge on any atom is 0.161 e. The van der Waals surface area contributed by atoms with Crippen molar-refractivity contribution >= 4 is 0 Å². The number of hydrogen-bond acceptors (Lipinski definition) is 3. The predicted molar refractivity (Wildman–Crippen MR) is 78.0 cm³/mol. The molecular weight excluding hydrogens is 238 g/mol. The molecule has 0 saturated carbocycles. The quantitative estimate of drug-likeness (QED) is 0.778. The lowest BCUT2D eigenvalue weighted by Crippen LogP contribution is -2.30. The molecule has 0 unspecified atom stereocenters. The normalized spacial score (nSPS) is 14.7. The van der Waals surface area contributed by atoms with E-state index in [4.69, 9.17) is 9.47 Å². The van der Waals surface area contributed by atoms with Crippen molar-refractivity contribution in [3.05, 3.63) is 34.9 Å². The minimum atomic E-state index is 0.824. The average molecular weight is 261 g/mol. The van der Waals surface area contributed by atoms with Gasteiger partial charge in [-0.25, -0.2) is 0 Å². The van der Waals surface area contributed by atoms with E-state index in [1.54, 1.807) is 14.2 Å². The highest BCUT2D eigenvalue weighted by Gasteiger charge is 2.18. The summed E-state index contributed by atoms with van der Waals surface area (Å²) in [5, 5.41) is 0. The highest BCUT2D eigenvalue weighted by molar-refractivity contribution is 5.48. The Hall–Kier alpha value is -1.48. The summed E-state index contributed by atoms with van der Waals surface area (Å²) in [6.07, 6.45) is 3.36.